The number of sulfone groups is 1. The van der Waals surface area contributed by atoms with Crippen molar-refractivity contribution in [3.8, 4) is 0 Å². The van der Waals surface area contributed by atoms with E-state index in [-0.39, 0.29) is 18.0 Å². The summed E-state index contributed by atoms with van der Waals surface area (Å²) >= 11 is 0. The fraction of sp³-hybridized carbons (Fsp3) is 0.182. The third-order valence-corrected chi connectivity index (χ3v) is 3.30. The van der Waals surface area contributed by atoms with Gasteiger partial charge in [0.15, 0.2) is 9.84 Å². The smallest absolute Gasteiger partial charge is 0.244 e. The summed E-state index contributed by atoms with van der Waals surface area (Å²) in [5.41, 5.74) is 0. The van der Waals surface area contributed by atoms with Gasteiger partial charge >= 0.3 is 0 Å². The summed E-state index contributed by atoms with van der Waals surface area (Å²) < 4.78 is 23.4. The van der Waals surface area contributed by atoms with E-state index in [4.69, 9.17) is 5.11 Å². The molecular weight excluding hydrogens is 242 g/mol. The van der Waals surface area contributed by atoms with E-state index in [0.717, 1.165) is 11.5 Å². The molecule has 1 amide bonds. The molecule has 17 heavy (non-hydrogen) atoms. The summed E-state index contributed by atoms with van der Waals surface area (Å²) in [6.45, 7) is -0.0976. The summed E-state index contributed by atoms with van der Waals surface area (Å²) in [6.07, 6.45) is 0.929. The highest BCUT2D eigenvalue weighted by molar-refractivity contribution is 7.94. The number of hydrogen-bond donors (Lipinski definition) is 2. The average molecular weight is 255 g/mol. The van der Waals surface area contributed by atoms with Gasteiger partial charge in [0, 0.05) is 18.0 Å². The number of hydrogen-bond acceptors (Lipinski definition) is 4. The number of rotatable bonds is 5. The standard InChI is InChI=1S/C11H13NO4S/c13-8-7-12-11(14)6-9-17(15,16)10-4-2-1-3-5-10/h1-6,9,13H,7-8H2,(H,12,14)/b9-6+. The zero-order valence-corrected chi connectivity index (χ0v) is 9.85. The number of carbonyl (C=O) groups excluding carboxylic acids is 1. The zero-order chi connectivity index (χ0) is 12.7. The van der Waals surface area contributed by atoms with Gasteiger partial charge in [-0.3, -0.25) is 4.79 Å². The van der Waals surface area contributed by atoms with Gasteiger partial charge in [0.2, 0.25) is 5.91 Å². The lowest BCUT2D eigenvalue weighted by atomic mass is 10.4. The Bertz CT molecular complexity index is 493. The van der Waals surface area contributed by atoms with Crippen molar-refractivity contribution < 1.29 is 18.3 Å². The van der Waals surface area contributed by atoms with E-state index >= 15 is 0 Å². The molecule has 0 atom stereocenters. The number of benzene rings is 1. The van der Waals surface area contributed by atoms with Crippen LogP contribution in [0.5, 0.6) is 0 Å². The summed E-state index contributed by atoms with van der Waals surface area (Å²) in [7, 11) is -3.58. The first-order valence-corrected chi connectivity index (χ1v) is 6.48. The first-order valence-electron chi connectivity index (χ1n) is 4.93. The molecule has 1 rings (SSSR count). The van der Waals surface area contributed by atoms with E-state index in [9.17, 15) is 13.2 Å². The average Bonchev–Trinajstić information content (AvgIpc) is 2.35. The van der Waals surface area contributed by atoms with E-state index in [2.05, 4.69) is 5.32 Å². The molecule has 6 heteroatoms. The lowest BCUT2D eigenvalue weighted by Gasteiger charge is -1.99. The normalized spacial score (nSPS) is 11.6. The van der Waals surface area contributed by atoms with Gasteiger partial charge in [0.25, 0.3) is 0 Å². The maximum atomic E-state index is 11.7. The highest BCUT2D eigenvalue weighted by Crippen LogP contribution is 2.10. The third kappa shape index (κ3) is 4.38. The molecule has 5 nitrogen and oxygen atoms in total. The Kier molecular flexibility index (Phi) is 4.86. The van der Waals surface area contributed by atoms with Crippen molar-refractivity contribution in [3.05, 3.63) is 41.8 Å². The molecule has 0 saturated carbocycles. The Morgan fingerprint density at radius 3 is 2.53 bits per heavy atom. The van der Waals surface area contributed by atoms with Crippen molar-refractivity contribution >= 4 is 15.7 Å². The first kappa shape index (κ1) is 13.4. The molecule has 0 aliphatic carbocycles. The van der Waals surface area contributed by atoms with E-state index in [1.165, 1.54) is 12.1 Å². The van der Waals surface area contributed by atoms with Crippen LogP contribution in [-0.4, -0.2) is 32.6 Å². The van der Waals surface area contributed by atoms with Gasteiger partial charge in [-0.25, -0.2) is 8.42 Å². The zero-order valence-electron chi connectivity index (χ0n) is 9.04. The second-order valence-corrected chi connectivity index (χ2v) is 5.01. The minimum atomic E-state index is -3.58. The molecule has 0 radical (unpaired) electrons. The number of carbonyl (C=O) groups is 1. The monoisotopic (exact) mass is 255 g/mol. The van der Waals surface area contributed by atoms with Gasteiger partial charge in [-0.2, -0.15) is 0 Å². The Morgan fingerprint density at radius 2 is 1.94 bits per heavy atom. The molecule has 2 N–H and O–H groups in total. The third-order valence-electron chi connectivity index (χ3n) is 1.88. The van der Waals surface area contributed by atoms with E-state index in [1.807, 2.05) is 0 Å². The SMILES string of the molecule is O=C(/C=C/S(=O)(=O)c1ccccc1)NCCO. The molecular formula is C11H13NO4S. The number of nitrogens with one attached hydrogen (secondary N) is 1. The van der Waals surface area contributed by atoms with Crippen molar-refractivity contribution in [2.24, 2.45) is 0 Å². The minimum absolute atomic E-state index is 0.0918. The molecule has 0 spiro atoms. The van der Waals surface area contributed by atoms with E-state index in [1.54, 1.807) is 18.2 Å². The fourth-order valence-electron chi connectivity index (χ4n) is 1.08. The minimum Gasteiger partial charge on any atom is -0.395 e. The molecule has 92 valence electrons. The van der Waals surface area contributed by atoms with Gasteiger partial charge in [0.1, 0.15) is 0 Å². The van der Waals surface area contributed by atoms with Gasteiger partial charge in [-0.1, -0.05) is 18.2 Å². The van der Waals surface area contributed by atoms with Gasteiger partial charge < -0.3 is 10.4 Å². The topological polar surface area (TPSA) is 83.5 Å². The lowest BCUT2D eigenvalue weighted by molar-refractivity contribution is -0.116. The Labute approximate surface area is 99.7 Å². The van der Waals surface area contributed by atoms with Crippen LogP contribution < -0.4 is 5.32 Å². The van der Waals surface area contributed by atoms with Crippen molar-refractivity contribution in [2.75, 3.05) is 13.2 Å². The van der Waals surface area contributed by atoms with Crippen LogP contribution in [0.1, 0.15) is 0 Å². The summed E-state index contributed by atoms with van der Waals surface area (Å²) in [5, 5.41) is 11.6. The second kappa shape index (κ2) is 6.17. The summed E-state index contributed by atoms with van der Waals surface area (Å²) in [4.78, 5) is 11.2. The largest absolute Gasteiger partial charge is 0.395 e. The van der Waals surface area contributed by atoms with E-state index in [0.29, 0.717) is 0 Å². The Balaban J connectivity index is 2.74. The van der Waals surface area contributed by atoms with Crippen LogP contribution in [-0.2, 0) is 14.6 Å². The summed E-state index contributed by atoms with van der Waals surface area (Å²) in [5.74, 6) is -0.557. The van der Waals surface area contributed by atoms with Crippen molar-refractivity contribution in [1.29, 1.82) is 0 Å². The van der Waals surface area contributed by atoms with Crippen LogP contribution in [0.4, 0.5) is 0 Å². The second-order valence-electron chi connectivity index (χ2n) is 3.18. The molecule has 0 aromatic heterocycles. The highest BCUT2D eigenvalue weighted by atomic mass is 32.2. The molecule has 0 unspecified atom stereocenters. The van der Waals surface area contributed by atoms with Crippen molar-refractivity contribution in [3.63, 3.8) is 0 Å². The predicted molar refractivity (Wildman–Crippen MR) is 62.9 cm³/mol. The molecule has 0 aliphatic rings. The first-order chi connectivity index (χ1) is 8.06. The van der Waals surface area contributed by atoms with Gasteiger partial charge in [0.05, 0.1) is 11.5 Å². The van der Waals surface area contributed by atoms with Crippen LogP contribution in [0.15, 0.2) is 46.7 Å². The Hall–Kier alpha value is -1.66. The molecule has 0 aliphatic heterocycles. The highest BCUT2D eigenvalue weighted by Gasteiger charge is 2.09. The molecule has 0 fully saturated rings. The predicted octanol–water partition coefficient (Wildman–Crippen LogP) is 0.0825. The maximum absolute atomic E-state index is 11.7. The maximum Gasteiger partial charge on any atom is 0.244 e. The molecule has 0 saturated heterocycles. The molecule has 0 bridgehead atoms. The quantitative estimate of drug-likeness (QED) is 0.730. The number of aliphatic hydroxyl groups excluding tert-OH is 1. The van der Waals surface area contributed by atoms with Crippen molar-refractivity contribution in [2.45, 2.75) is 4.90 Å². The van der Waals surface area contributed by atoms with Crippen LogP contribution in [0.25, 0.3) is 0 Å². The van der Waals surface area contributed by atoms with Crippen LogP contribution in [0, 0.1) is 0 Å². The van der Waals surface area contributed by atoms with Crippen LogP contribution >= 0.6 is 0 Å². The number of aliphatic hydroxyl groups is 1. The molecule has 1 aromatic carbocycles. The van der Waals surface area contributed by atoms with Gasteiger partial charge in [-0.15, -0.1) is 0 Å². The van der Waals surface area contributed by atoms with Crippen LogP contribution in [0.2, 0.25) is 0 Å². The van der Waals surface area contributed by atoms with Crippen LogP contribution in [0.3, 0.4) is 0 Å². The Morgan fingerprint density at radius 1 is 1.29 bits per heavy atom. The molecule has 1 aromatic rings. The fourth-order valence-corrected chi connectivity index (χ4v) is 2.07. The lowest BCUT2D eigenvalue weighted by Crippen LogP contribution is -2.24. The van der Waals surface area contributed by atoms with Crippen molar-refractivity contribution in [1.82, 2.24) is 5.32 Å². The van der Waals surface area contributed by atoms with E-state index < -0.39 is 15.7 Å². The van der Waals surface area contributed by atoms with Gasteiger partial charge in [-0.05, 0) is 12.1 Å². The molecule has 0 heterocycles. The number of amides is 1. The summed E-state index contributed by atoms with van der Waals surface area (Å²) in [6, 6.07) is 7.81.